The summed E-state index contributed by atoms with van der Waals surface area (Å²) in [5, 5.41) is 12.8. The largest absolute Gasteiger partial charge is 0.478 e. The standard InChI is InChI=1S/C23H25N3O2/c27-23(28)17-8-9-21-20(13-17)25-22(26(21)19-4-2-1-3-5-19)16-7-6-15-10-11-24-14-18(15)12-16/h6-9,12-13,19,24H,1-5,10-11,14H2,(H,27,28). The van der Waals surface area contributed by atoms with Crippen LogP contribution in [-0.2, 0) is 13.0 Å². The molecule has 28 heavy (non-hydrogen) atoms. The van der Waals surface area contributed by atoms with Gasteiger partial charge in [-0.3, -0.25) is 0 Å². The van der Waals surface area contributed by atoms with E-state index in [1.807, 2.05) is 6.07 Å². The molecule has 0 unspecified atom stereocenters. The fraction of sp³-hybridized carbons (Fsp3) is 0.391. The molecule has 5 rings (SSSR count). The van der Waals surface area contributed by atoms with Crippen molar-refractivity contribution < 1.29 is 9.90 Å². The Kier molecular flexibility index (Phi) is 4.40. The summed E-state index contributed by atoms with van der Waals surface area (Å²) in [5.74, 6) is 0.0633. The van der Waals surface area contributed by atoms with Gasteiger partial charge in [0.2, 0.25) is 0 Å². The number of imidazole rings is 1. The zero-order valence-electron chi connectivity index (χ0n) is 15.9. The van der Waals surface area contributed by atoms with Gasteiger partial charge in [-0.25, -0.2) is 9.78 Å². The van der Waals surface area contributed by atoms with Crippen LogP contribution in [0.1, 0.15) is 59.6 Å². The number of fused-ring (bicyclic) bond motifs is 2. The zero-order chi connectivity index (χ0) is 19.1. The van der Waals surface area contributed by atoms with Crippen molar-refractivity contribution in [3.05, 3.63) is 53.1 Å². The van der Waals surface area contributed by atoms with Gasteiger partial charge in [-0.2, -0.15) is 0 Å². The molecule has 1 aliphatic carbocycles. The topological polar surface area (TPSA) is 67.2 Å². The van der Waals surface area contributed by atoms with Crippen LogP contribution < -0.4 is 5.32 Å². The number of hydrogen-bond donors (Lipinski definition) is 2. The maximum Gasteiger partial charge on any atom is 0.335 e. The number of benzene rings is 2. The lowest BCUT2D eigenvalue weighted by atomic mass is 9.94. The first-order valence-corrected chi connectivity index (χ1v) is 10.3. The summed E-state index contributed by atoms with van der Waals surface area (Å²) in [6.07, 6.45) is 7.16. The van der Waals surface area contributed by atoms with Crippen LogP contribution in [0, 0.1) is 0 Å². The average molecular weight is 375 g/mol. The molecule has 0 amide bonds. The normalized spacial score (nSPS) is 17.6. The summed E-state index contributed by atoms with van der Waals surface area (Å²) < 4.78 is 2.37. The van der Waals surface area contributed by atoms with Crippen LogP contribution >= 0.6 is 0 Å². The first-order valence-electron chi connectivity index (χ1n) is 10.3. The summed E-state index contributed by atoms with van der Waals surface area (Å²) >= 11 is 0. The van der Waals surface area contributed by atoms with Crippen molar-refractivity contribution in [3.63, 3.8) is 0 Å². The molecule has 0 atom stereocenters. The highest BCUT2D eigenvalue weighted by Gasteiger charge is 2.23. The van der Waals surface area contributed by atoms with E-state index in [-0.39, 0.29) is 0 Å². The van der Waals surface area contributed by atoms with Crippen molar-refractivity contribution in [2.45, 2.75) is 51.1 Å². The minimum Gasteiger partial charge on any atom is -0.478 e. The Morgan fingerprint density at radius 2 is 1.93 bits per heavy atom. The van der Waals surface area contributed by atoms with Crippen LogP contribution in [0.3, 0.4) is 0 Å². The molecule has 3 aromatic rings. The molecule has 2 aromatic carbocycles. The van der Waals surface area contributed by atoms with Crippen molar-refractivity contribution in [2.75, 3.05) is 6.54 Å². The molecule has 0 spiro atoms. The zero-order valence-corrected chi connectivity index (χ0v) is 15.9. The van der Waals surface area contributed by atoms with Crippen molar-refractivity contribution in [1.82, 2.24) is 14.9 Å². The van der Waals surface area contributed by atoms with Crippen molar-refractivity contribution in [1.29, 1.82) is 0 Å². The van der Waals surface area contributed by atoms with Crippen molar-refractivity contribution in [2.24, 2.45) is 0 Å². The van der Waals surface area contributed by atoms with Gasteiger partial charge in [0.1, 0.15) is 5.82 Å². The van der Waals surface area contributed by atoms with E-state index >= 15 is 0 Å². The minimum absolute atomic E-state index is 0.294. The van der Waals surface area contributed by atoms with Crippen LogP contribution in [0.2, 0.25) is 0 Å². The van der Waals surface area contributed by atoms with Crippen LogP contribution in [0.25, 0.3) is 22.4 Å². The number of carboxylic acid groups (broad SMARTS) is 1. The number of aromatic carboxylic acids is 1. The van der Waals surface area contributed by atoms with E-state index in [4.69, 9.17) is 4.98 Å². The molecule has 1 aliphatic heterocycles. The number of rotatable bonds is 3. The van der Waals surface area contributed by atoms with Crippen LogP contribution in [0.5, 0.6) is 0 Å². The molecular formula is C23H25N3O2. The Bertz CT molecular complexity index is 1050. The van der Waals surface area contributed by atoms with Crippen molar-refractivity contribution >= 4 is 17.0 Å². The number of aromatic nitrogens is 2. The molecule has 1 saturated carbocycles. The van der Waals surface area contributed by atoms with E-state index in [1.54, 1.807) is 12.1 Å². The maximum atomic E-state index is 11.4. The summed E-state index contributed by atoms with van der Waals surface area (Å²) in [6, 6.07) is 12.5. The van der Waals surface area contributed by atoms with Gasteiger partial charge < -0.3 is 15.0 Å². The second kappa shape index (κ2) is 7.06. The Labute approximate surface area is 164 Å². The molecular weight excluding hydrogens is 350 g/mol. The first kappa shape index (κ1) is 17.4. The van der Waals surface area contributed by atoms with E-state index in [2.05, 4.69) is 28.1 Å². The SMILES string of the molecule is O=C(O)c1ccc2c(c1)nc(-c1ccc3c(c1)CNCC3)n2C1CCCCC1. The number of carbonyl (C=O) groups is 1. The maximum absolute atomic E-state index is 11.4. The van der Waals surface area contributed by atoms with Gasteiger partial charge in [0.25, 0.3) is 0 Å². The van der Waals surface area contributed by atoms with Crippen LogP contribution in [0.4, 0.5) is 0 Å². The van der Waals surface area contributed by atoms with Gasteiger partial charge in [0, 0.05) is 18.2 Å². The van der Waals surface area contributed by atoms with Crippen LogP contribution in [-0.4, -0.2) is 27.2 Å². The fourth-order valence-electron chi connectivity index (χ4n) is 4.76. The summed E-state index contributed by atoms with van der Waals surface area (Å²) in [5.41, 5.74) is 6.00. The van der Waals surface area contributed by atoms with Gasteiger partial charge in [-0.05, 0) is 61.2 Å². The van der Waals surface area contributed by atoms with E-state index in [0.717, 1.165) is 54.8 Å². The van der Waals surface area contributed by atoms with Gasteiger partial charge in [0.15, 0.2) is 0 Å². The van der Waals surface area contributed by atoms with Gasteiger partial charge in [0.05, 0.1) is 16.6 Å². The number of nitrogens with zero attached hydrogens (tertiary/aromatic N) is 2. The van der Waals surface area contributed by atoms with Gasteiger partial charge >= 0.3 is 5.97 Å². The Balaban J connectivity index is 1.68. The molecule has 0 saturated heterocycles. The van der Waals surface area contributed by atoms with E-state index < -0.39 is 5.97 Å². The molecule has 5 heteroatoms. The monoisotopic (exact) mass is 375 g/mol. The smallest absolute Gasteiger partial charge is 0.335 e. The Morgan fingerprint density at radius 3 is 2.75 bits per heavy atom. The highest BCUT2D eigenvalue weighted by molar-refractivity contribution is 5.93. The molecule has 1 fully saturated rings. The van der Waals surface area contributed by atoms with E-state index in [1.165, 1.54) is 30.4 Å². The van der Waals surface area contributed by atoms with Gasteiger partial charge in [-0.1, -0.05) is 31.4 Å². The molecule has 5 nitrogen and oxygen atoms in total. The van der Waals surface area contributed by atoms with E-state index in [9.17, 15) is 9.90 Å². The Morgan fingerprint density at radius 1 is 1.07 bits per heavy atom. The number of carboxylic acids is 1. The molecule has 144 valence electrons. The quantitative estimate of drug-likeness (QED) is 0.705. The third-order valence-corrected chi connectivity index (χ3v) is 6.23. The fourth-order valence-corrected chi connectivity index (χ4v) is 4.76. The van der Waals surface area contributed by atoms with Gasteiger partial charge in [-0.15, -0.1) is 0 Å². The third kappa shape index (κ3) is 3.00. The first-order chi connectivity index (χ1) is 13.7. The molecule has 1 aromatic heterocycles. The lowest BCUT2D eigenvalue weighted by molar-refractivity contribution is 0.0697. The minimum atomic E-state index is -0.907. The summed E-state index contributed by atoms with van der Waals surface area (Å²) in [7, 11) is 0. The summed E-state index contributed by atoms with van der Waals surface area (Å²) in [6.45, 7) is 1.93. The lowest BCUT2D eigenvalue weighted by Gasteiger charge is -2.26. The van der Waals surface area contributed by atoms with Crippen molar-refractivity contribution in [3.8, 4) is 11.4 Å². The summed E-state index contributed by atoms with van der Waals surface area (Å²) in [4.78, 5) is 16.4. The highest BCUT2D eigenvalue weighted by Crippen LogP contribution is 2.36. The molecule has 0 radical (unpaired) electrons. The number of nitrogens with one attached hydrogen (secondary N) is 1. The molecule has 2 aliphatic rings. The van der Waals surface area contributed by atoms with E-state index in [0.29, 0.717) is 11.6 Å². The Hall–Kier alpha value is -2.66. The van der Waals surface area contributed by atoms with Crippen LogP contribution in [0.15, 0.2) is 36.4 Å². The lowest BCUT2D eigenvalue weighted by Crippen LogP contribution is -2.23. The predicted octanol–water partition coefficient (Wildman–Crippen LogP) is 4.55. The molecule has 2 N–H and O–H groups in total. The molecule has 2 heterocycles. The highest BCUT2D eigenvalue weighted by atomic mass is 16.4. The number of hydrogen-bond acceptors (Lipinski definition) is 3. The second-order valence-corrected chi connectivity index (χ2v) is 8.02. The second-order valence-electron chi connectivity index (χ2n) is 8.02. The third-order valence-electron chi connectivity index (χ3n) is 6.23. The molecule has 0 bridgehead atoms. The average Bonchev–Trinajstić information content (AvgIpc) is 3.12. The predicted molar refractivity (Wildman–Crippen MR) is 110 cm³/mol.